The van der Waals surface area contributed by atoms with Crippen molar-refractivity contribution in [2.45, 2.75) is 51.2 Å². The van der Waals surface area contributed by atoms with Crippen molar-refractivity contribution < 1.29 is 14.6 Å². The third-order valence-electron chi connectivity index (χ3n) is 4.30. The van der Waals surface area contributed by atoms with Gasteiger partial charge in [0.05, 0.1) is 13.2 Å². The summed E-state index contributed by atoms with van der Waals surface area (Å²) < 4.78 is 11.3. The molecule has 3 nitrogen and oxygen atoms in total. The molecule has 118 valence electrons. The van der Waals surface area contributed by atoms with Crippen LogP contribution in [0, 0.1) is 5.92 Å². The van der Waals surface area contributed by atoms with Crippen LogP contribution < -0.4 is 4.74 Å². The molecule has 1 saturated carbocycles. The predicted molar refractivity (Wildman–Crippen MR) is 85.0 cm³/mol. The van der Waals surface area contributed by atoms with Crippen molar-refractivity contribution in [3.63, 3.8) is 0 Å². The van der Waals surface area contributed by atoms with Gasteiger partial charge in [-0.15, -0.1) is 0 Å². The summed E-state index contributed by atoms with van der Waals surface area (Å²) in [6.45, 7) is 2.57. The molecule has 1 fully saturated rings. The first-order valence-electron chi connectivity index (χ1n) is 7.80. The molecular weight excluding hydrogens is 288 g/mol. The molecule has 4 heteroatoms. The van der Waals surface area contributed by atoms with E-state index in [1.807, 2.05) is 6.92 Å². The molecular formula is C17H25ClO3. The highest BCUT2D eigenvalue weighted by Crippen LogP contribution is 2.38. The number of aliphatic hydroxyl groups is 1. The standard InChI is InChI=1S/C17H25ClO3/c1-3-21-17(12-7-5-4-6-8-12)16(19)14-11-13(18)9-10-15(14)20-2/h9-12,16-17,19H,3-8H2,1-2H3. The van der Waals surface area contributed by atoms with E-state index in [0.717, 1.165) is 12.8 Å². The number of halogens is 1. The molecule has 1 aromatic rings. The summed E-state index contributed by atoms with van der Waals surface area (Å²) in [7, 11) is 1.61. The van der Waals surface area contributed by atoms with Gasteiger partial charge in [-0.25, -0.2) is 0 Å². The highest BCUT2D eigenvalue weighted by molar-refractivity contribution is 6.30. The summed E-state index contributed by atoms with van der Waals surface area (Å²) in [5.74, 6) is 1.06. The first kappa shape index (κ1) is 16.6. The molecule has 0 aliphatic heterocycles. The van der Waals surface area contributed by atoms with Crippen LogP contribution in [-0.2, 0) is 4.74 Å². The lowest BCUT2D eigenvalue weighted by molar-refractivity contribution is -0.0745. The lowest BCUT2D eigenvalue weighted by atomic mass is 9.81. The first-order chi connectivity index (χ1) is 10.2. The average Bonchev–Trinajstić information content (AvgIpc) is 2.52. The Morgan fingerprint density at radius 2 is 2.00 bits per heavy atom. The van der Waals surface area contributed by atoms with Gasteiger partial charge in [-0.3, -0.25) is 0 Å². The zero-order valence-corrected chi connectivity index (χ0v) is 13.6. The summed E-state index contributed by atoms with van der Waals surface area (Å²) in [6, 6.07) is 5.34. The van der Waals surface area contributed by atoms with Crippen LogP contribution in [0.1, 0.15) is 50.7 Å². The van der Waals surface area contributed by atoms with Gasteiger partial charge >= 0.3 is 0 Å². The van der Waals surface area contributed by atoms with Gasteiger partial charge in [0.2, 0.25) is 0 Å². The summed E-state index contributed by atoms with van der Waals surface area (Å²) in [5.41, 5.74) is 0.717. The Kier molecular flexibility index (Phi) is 6.34. The van der Waals surface area contributed by atoms with E-state index < -0.39 is 6.10 Å². The van der Waals surface area contributed by atoms with E-state index >= 15 is 0 Å². The molecule has 2 atom stereocenters. The Morgan fingerprint density at radius 3 is 2.62 bits per heavy atom. The molecule has 0 radical (unpaired) electrons. The van der Waals surface area contributed by atoms with E-state index in [4.69, 9.17) is 21.1 Å². The Hall–Kier alpha value is -0.770. The van der Waals surface area contributed by atoms with Crippen LogP contribution in [0.15, 0.2) is 18.2 Å². The molecule has 0 heterocycles. The quantitative estimate of drug-likeness (QED) is 0.848. The number of benzene rings is 1. The van der Waals surface area contributed by atoms with Crippen molar-refractivity contribution in [3.05, 3.63) is 28.8 Å². The molecule has 0 amide bonds. The summed E-state index contributed by atoms with van der Waals surface area (Å²) >= 11 is 6.08. The lowest BCUT2D eigenvalue weighted by Crippen LogP contribution is -2.32. The molecule has 21 heavy (non-hydrogen) atoms. The average molecular weight is 313 g/mol. The lowest BCUT2D eigenvalue weighted by Gasteiger charge is -2.33. The van der Waals surface area contributed by atoms with Gasteiger partial charge in [-0.2, -0.15) is 0 Å². The van der Waals surface area contributed by atoms with Crippen molar-refractivity contribution >= 4 is 11.6 Å². The second kappa shape index (κ2) is 8.02. The fourth-order valence-electron chi connectivity index (χ4n) is 3.25. The van der Waals surface area contributed by atoms with Crippen LogP contribution in [0.3, 0.4) is 0 Å². The van der Waals surface area contributed by atoms with Crippen LogP contribution in [0.25, 0.3) is 0 Å². The topological polar surface area (TPSA) is 38.7 Å². The highest BCUT2D eigenvalue weighted by atomic mass is 35.5. The van der Waals surface area contributed by atoms with Crippen molar-refractivity contribution in [2.75, 3.05) is 13.7 Å². The maximum absolute atomic E-state index is 10.8. The van der Waals surface area contributed by atoms with Gasteiger partial charge in [-0.05, 0) is 43.9 Å². The number of hydrogen-bond acceptors (Lipinski definition) is 3. The molecule has 0 saturated heterocycles. The molecule has 0 bridgehead atoms. The number of rotatable bonds is 6. The molecule has 1 aliphatic carbocycles. The largest absolute Gasteiger partial charge is 0.496 e. The molecule has 1 aromatic carbocycles. The predicted octanol–water partition coefficient (Wildman–Crippen LogP) is 4.37. The maximum atomic E-state index is 10.8. The number of hydrogen-bond donors (Lipinski definition) is 1. The van der Waals surface area contributed by atoms with Crippen molar-refractivity contribution in [2.24, 2.45) is 5.92 Å². The van der Waals surface area contributed by atoms with Gasteiger partial charge in [-0.1, -0.05) is 30.9 Å². The van der Waals surface area contributed by atoms with E-state index in [1.54, 1.807) is 25.3 Å². The summed E-state index contributed by atoms with van der Waals surface area (Å²) in [4.78, 5) is 0. The van der Waals surface area contributed by atoms with Gasteiger partial charge in [0.1, 0.15) is 11.9 Å². The number of methoxy groups -OCH3 is 1. The molecule has 0 spiro atoms. The van der Waals surface area contributed by atoms with Crippen molar-refractivity contribution in [1.29, 1.82) is 0 Å². The fourth-order valence-corrected chi connectivity index (χ4v) is 3.43. The molecule has 1 aliphatic rings. The third-order valence-corrected chi connectivity index (χ3v) is 4.53. The third kappa shape index (κ3) is 4.12. The second-order valence-corrected chi connectivity index (χ2v) is 6.09. The van der Waals surface area contributed by atoms with Gasteiger partial charge in [0.25, 0.3) is 0 Å². The monoisotopic (exact) mass is 312 g/mol. The Labute approximate surface area is 132 Å². The summed E-state index contributed by atoms with van der Waals surface area (Å²) in [5, 5.41) is 11.4. The van der Waals surface area contributed by atoms with E-state index in [9.17, 15) is 5.11 Å². The van der Waals surface area contributed by atoms with Crippen LogP contribution in [0.5, 0.6) is 5.75 Å². The molecule has 0 aromatic heterocycles. The fraction of sp³-hybridized carbons (Fsp3) is 0.647. The number of ether oxygens (including phenoxy) is 2. The smallest absolute Gasteiger partial charge is 0.124 e. The first-order valence-corrected chi connectivity index (χ1v) is 8.18. The second-order valence-electron chi connectivity index (χ2n) is 5.65. The van der Waals surface area contributed by atoms with Crippen molar-refractivity contribution in [1.82, 2.24) is 0 Å². The minimum atomic E-state index is -0.707. The highest BCUT2D eigenvalue weighted by Gasteiger charge is 2.32. The van der Waals surface area contributed by atoms with E-state index in [1.165, 1.54) is 19.3 Å². The minimum absolute atomic E-state index is 0.192. The molecule has 2 rings (SSSR count). The Morgan fingerprint density at radius 1 is 1.29 bits per heavy atom. The van der Waals surface area contributed by atoms with Crippen molar-refractivity contribution in [3.8, 4) is 5.75 Å². The maximum Gasteiger partial charge on any atom is 0.124 e. The zero-order chi connectivity index (χ0) is 15.2. The Balaban J connectivity index is 2.24. The van der Waals surface area contributed by atoms with E-state index in [-0.39, 0.29) is 6.10 Å². The number of aliphatic hydroxyl groups excluding tert-OH is 1. The van der Waals surface area contributed by atoms with Crippen LogP contribution in [0.4, 0.5) is 0 Å². The minimum Gasteiger partial charge on any atom is -0.496 e. The van der Waals surface area contributed by atoms with Gasteiger partial charge < -0.3 is 14.6 Å². The van der Waals surface area contributed by atoms with Crippen LogP contribution in [0.2, 0.25) is 5.02 Å². The van der Waals surface area contributed by atoms with Gasteiger partial charge in [0.15, 0.2) is 0 Å². The summed E-state index contributed by atoms with van der Waals surface area (Å²) in [6.07, 6.45) is 5.05. The molecule has 1 N–H and O–H groups in total. The SMILES string of the molecule is CCOC(C1CCCCC1)C(O)c1cc(Cl)ccc1OC. The van der Waals surface area contributed by atoms with Crippen LogP contribution >= 0.6 is 11.6 Å². The molecule has 2 unspecified atom stereocenters. The Bertz CT molecular complexity index is 444. The van der Waals surface area contributed by atoms with E-state index in [0.29, 0.717) is 28.9 Å². The van der Waals surface area contributed by atoms with Gasteiger partial charge in [0, 0.05) is 17.2 Å². The zero-order valence-electron chi connectivity index (χ0n) is 12.8. The van der Waals surface area contributed by atoms with Crippen LogP contribution in [-0.4, -0.2) is 24.9 Å². The normalized spacial score (nSPS) is 19.2. The van der Waals surface area contributed by atoms with E-state index in [2.05, 4.69) is 0 Å².